The van der Waals surface area contributed by atoms with Gasteiger partial charge in [0.2, 0.25) is 5.91 Å². The Kier molecular flexibility index (Phi) is 11.7. The number of nitrogens with one attached hydrogen (secondary N) is 2. The van der Waals surface area contributed by atoms with Crippen LogP contribution in [0.5, 0.6) is 0 Å². The van der Waals surface area contributed by atoms with Gasteiger partial charge >= 0.3 is 0 Å². The highest BCUT2D eigenvalue weighted by atomic mass is 32.1. The van der Waals surface area contributed by atoms with Crippen molar-refractivity contribution in [1.29, 1.82) is 0 Å². The van der Waals surface area contributed by atoms with Crippen molar-refractivity contribution in [2.75, 3.05) is 5.32 Å². The zero-order valence-corrected chi connectivity index (χ0v) is 21.6. The third-order valence-electron chi connectivity index (χ3n) is 4.53. The zero-order valence-electron chi connectivity index (χ0n) is 20.8. The van der Waals surface area contributed by atoms with Crippen LogP contribution in [0.1, 0.15) is 84.7 Å². The topological polar surface area (TPSA) is 173 Å². The molecule has 0 saturated heterocycles. The number of aldehydes is 1. The van der Waals surface area contributed by atoms with E-state index >= 15 is 0 Å². The summed E-state index contributed by atoms with van der Waals surface area (Å²) in [6, 6.07) is -0.356. The minimum absolute atomic E-state index is 0.125. The van der Waals surface area contributed by atoms with E-state index in [1.807, 2.05) is 34.6 Å². The van der Waals surface area contributed by atoms with Crippen LogP contribution < -0.4 is 16.4 Å². The van der Waals surface area contributed by atoms with E-state index in [4.69, 9.17) is 10.9 Å². The molecule has 2 aromatic rings. The van der Waals surface area contributed by atoms with Gasteiger partial charge in [-0.05, 0) is 25.6 Å². The van der Waals surface area contributed by atoms with Gasteiger partial charge in [-0.3, -0.25) is 14.4 Å². The minimum atomic E-state index is -0.366. The van der Waals surface area contributed by atoms with E-state index < -0.39 is 0 Å². The first-order valence-corrected chi connectivity index (χ1v) is 11.9. The van der Waals surface area contributed by atoms with Crippen molar-refractivity contribution in [3.8, 4) is 0 Å². The maximum Gasteiger partial charge on any atom is 0.270 e. The molecule has 5 N–H and O–H groups in total. The molecule has 0 radical (unpaired) electrons. The monoisotopic (exact) mass is 503 g/mol. The maximum absolute atomic E-state index is 12.5. The van der Waals surface area contributed by atoms with Gasteiger partial charge in [-0.15, -0.1) is 11.3 Å². The molecule has 1 aliphatic rings. The first-order valence-electron chi connectivity index (χ1n) is 11.1. The second-order valence-electron chi connectivity index (χ2n) is 8.11. The first kappa shape index (κ1) is 29.4. The predicted octanol–water partition coefficient (Wildman–Crippen LogP) is 3.48. The van der Waals surface area contributed by atoms with E-state index in [1.54, 1.807) is 13.0 Å². The number of nitrogens with two attached hydrogens (primary N) is 1. The van der Waals surface area contributed by atoms with Crippen molar-refractivity contribution in [3.05, 3.63) is 45.9 Å². The molecule has 35 heavy (non-hydrogen) atoms. The van der Waals surface area contributed by atoms with Crippen LogP contribution in [0.15, 0.2) is 30.0 Å². The van der Waals surface area contributed by atoms with E-state index in [9.17, 15) is 14.4 Å². The van der Waals surface area contributed by atoms with Crippen LogP contribution >= 0.6 is 11.3 Å². The number of aromatic nitrogens is 3. The summed E-state index contributed by atoms with van der Waals surface area (Å²) in [6.45, 7) is 11.6. The quantitative estimate of drug-likeness (QED) is 0.208. The molecule has 0 bridgehead atoms. The lowest BCUT2D eigenvalue weighted by atomic mass is 9.90. The number of oxime groups is 1. The minimum Gasteiger partial charge on any atom is -0.411 e. The van der Waals surface area contributed by atoms with Gasteiger partial charge in [0.05, 0.1) is 16.6 Å². The fourth-order valence-electron chi connectivity index (χ4n) is 2.79. The molecule has 2 amide bonds. The predicted molar refractivity (Wildman–Crippen MR) is 136 cm³/mol. The molecule has 0 aromatic carbocycles. The Hall–Kier alpha value is -3.67. The summed E-state index contributed by atoms with van der Waals surface area (Å²) in [5.74, 6) is -0.109. The summed E-state index contributed by atoms with van der Waals surface area (Å²) >= 11 is 1.22. The van der Waals surface area contributed by atoms with E-state index in [-0.39, 0.29) is 29.0 Å². The Bertz CT molecular complexity index is 1070. The van der Waals surface area contributed by atoms with Gasteiger partial charge in [0.15, 0.2) is 6.29 Å². The van der Waals surface area contributed by atoms with Gasteiger partial charge in [-0.25, -0.2) is 15.0 Å². The molecular formula is C23H33N7O4S. The summed E-state index contributed by atoms with van der Waals surface area (Å²) in [7, 11) is 0. The lowest BCUT2D eigenvalue weighted by Crippen LogP contribution is -2.30. The smallest absolute Gasteiger partial charge is 0.270 e. The number of hydrogen-bond donors (Lipinski definition) is 4. The van der Waals surface area contributed by atoms with Crippen molar-refractivity contribution < 1.29 is 19.6 Å². The van der Waals surface area contributed by atoms with E-state index in [1.165, 1.54) is 30.1 Å². The van der Waals surface area contributed by atoms with Crippen molar-refractivity contribution in [1.82, 2.24) is 20.3 Å². The van der Waals surface area contributed by atoms with Crippen LogP contribution in [0.4, 0.5) is 5.82 Å². The fourth-order valence-corrected chi connectivity index (χ4v) is 3.53. The Morgan fingerprint density at radius 1 is 1.29 bits per heavy atom. The van der Waals surface area contributed by atoms with E-state index in [0.717, 1.165) is 6.29 Å². The molecule has 12 heteroatoms. The molecule has 0 aliphatic carbocycles. The van der Waals surface area contributed by atoms with Gasteiger partial charge in [0.25, 0.3) is 5.91 Å². The summed E-state index contributed by atoms with van der Waals surface area (Å²) in [4.78, 5) is 47.2. The van der Waals surface area contributed by atoms with Gasteiger partial charge in [0, 0.05) is 23.6 Å². The molecule has 11 nitrogen and oxygen atoms in total. The lowest BCUT2D eigenvalue weighted by molar-refractivity contribution is -0.116. The van der Waals surface area contributed by atoms with Crippen LogP contribution in [0.2, 0.25) is 0 Å². The van der Waals surface area contributed by atoms with Gasteiger partial charge < -0.3 is 21.6 Å². The normalized spacial score (nSPS) is 13.9. The van der Waals surface area contributed by atoms with Gasteiger partial charge in [-0.1, -0.05) is 39.8 Å². The number of anilines is 1. The summed E-state index contributed by atoms with van der Waals surface area (Å²) in [5.41, 5.74) is 6.43. The molecule has 0 fully saturated rings. The molecule has 3 rings (SSSR count). The maximum atomic E-state index is 12.5. The second kappa shape index (κ2) is 13.9. The van der Waals surface area contributed by atoms with Crippen molar-refractivity contribution in [3.63, 3.8) is 0 Å². The fraction of sp³-hybridized carbons (Fsp3) is 0.435. The number of carbonyl (C=O) groups excluding carboxylic acids is 3. The van der Waals surface area contributed by atoms with Crippen molar-refractivity contribution in [2.45, 2.75) is 60.4 Å². The van der Waals surface area contributed by atoms with Gasteiger partial charge in [-0.2, -0.15) is 0 Å². The number of rotatable bonds is 5. The molecule has 2 aromatic heterocycles. The molecular weight excluding hydrogens is 470 g/mol. The van der Waals surface area contributed by atoms with Crippen molar-refractivity contribution in [2.24, 2.45) is 16.3 Å². The summed E-state index contributed by atoms with van der Waals surface area (Å²) in [6.07, 6.45) is 7.10. The zero-order chi connectivity index (χ0) is 26.6. The molecule has 190 valence electrons. The highest BCUT2D eigenvalue weighted by molar-refractivity contribution is 7.13. The molecule has 0 saturated carbocycles. The number of nitrogens with zero attached hydrogens (tertiary/aromatic N) is 4. The van der Waals surface area contributed by atoms with Crippen LogP contribution in [0.25, 0.3) is 0 Å². The Morgan fingerprint density at radius 3 is 2.49 bits per heavy atom. The van der Waals surface area contributed by atoms with Crippen LogP contribution in [-0.2, 0) is 11.2 Å². The number of allylic oxidation sites excluding steroid dienone is 1. The van der Waals surface area contributed by atoms with E-state index in [2.05, 4.69) is 30.7 Å². The van der Waals surface area contributed by atoms with Crippen molar-refractivity contribution >= 4 is 41.0 Å². The second-order valence-corrected chi connectivity index (χ2v) is 9.20. The molecule has 1 aliphatic heterocycles. The molecule has 1 atom stereocenters. The van der Waals surface area contributed by atoms with Crippen LogP contribution in [0, 0.1) is 5.41 Å². The SMILES string of the molecule is CC.CC(C)(C)C(/C=C/N)=N/O.CC(NC(=O)c1ncnc2c1CCC(=O)N2)c1ncc(C=O)s1. The molecule has 0 spiro atoms. The van der Waals surface area contributed by atoms with Crippen LogP contribution in [-0.4, -0.2) is 44.0 Å². The summed E-state index contributed by atoms with van der Waals surface area (Å²) < 4.78 is 0. The van der Waals surface area contributed by atoms with Gasteiger partial charge in [0.1, 0.15) is 22.8 Å². The van der Waals surface area contributed by atoms with Crippen LogP contribution in [0.3, 0.4) is 0 Å². The highest BCUT2D eigenvalue weighted by Crippen LogP contribution is 2.23. The standard InChI is InChI=1S/C14H13N5O3S.C7H14N2O.C2H6/c1-7(14-15-4-8(5-20)23-14)18-13(22)11-9-2-3-10(21)19-12(9)17-6-16-11;1-7(2,3)6(9-10)4-5-8;1-2/h4-7H,2-3H2,1H3,(H,18,22)(H,16,17,19,21);4-5,10H,8H2,1-3H3;1-2H3/b;5-4+,9-6+;. The third kappa shape index (κ3) is 8.56. The average Bonchev–Trinajstić information content (AvgIpc) is 3.32. The number of fused-ring (bicyclic) bond motifs is 1. The Morgan fingerprint density at radius 2 is 1.97 bits per heavy atom. The lowest BCUT2D eigenvalue weighted by Gasteiger charge is -2.18. The summed E-state index contributed by atoms with van der Waals surface area (Å²) in [5, 5.41) is 17.6. The molecule has 3 heterocycles. The highest BCUT2D eigenvalue weighted by Gasteiger charge is 2.24. The Labute approximate surface area is 209 Å². The number of hydrogen-bond acceptors (Lipinski definition) is 10. The molecule has 1 unspecified atom stereocenters. The number of amides is 2. The largest absolute Gasteiger partial charge is 0.411 e. The number of carbonyl (C=O) groups is 3. The third-order valence-corrected chi connectivity index (χ3v) is 5.63. The Balaban J connectivity index is 0.000000433. The average molecular weight is 504 g/mol. The first-order chi connectivity index (χ1) is 16.6. The van der Waals surface area contributed by atoms with E-state index in [0.29, 0.717) is 39.8 Å². The number of thiazole rings is 1.